The molecule has 0 saturated carbocycles. The van der Waals surface area contributed by atoms with Crippen LogP contribution < -0.4 is 5.73 Å². The number of thiazole rings is 1. The molecule has 0 aliphatic heterocycles. The first kappa shape index (κ1) is 12.7. The minimum Gasteiger partial charge on any atom is -0.326 e. The van der Waals surface area contributed by atoms with Crippen LogP contribution in [0, 0.1) is 6.92 Å². The maximum atomic E-state index is 5.74. The predicted octanol–water partition coefficient (Wildman–Crippen LogP) is 3.90. The highest BCUT2D eigenvalue weighted by atomic mass is 79.9. The fourth-order valence-electron chi connectivity index (χ4n) is 1.80. The van der Waals surface area contributed by atoms with Gasteiger partial charge in [-0.15, -0.1) is 11.3 Å². The highest BCUT2D eigenvalue weighted by Crippen LogP contribution is 2.31. The largest absolute Gasteiger partial charge is 0.326 e. The number of nitrogens with zero attached hydrogens (tertiary/aromatic N) is 1. The van der Waals surface area contributed by atoms with Crippen molar-refractivity contribution in [2.75, 3.05) is 0 Å². The molecule has 2 aromatic rings. The first-order valence-corrected chi connectivity index (χ1v) is 7.21. The molecule has 0 amide bonds. The van der Waals surface area contributed by atoms with Crippen molar-refractivity contribution in [3.05, 3.63) is 38.8 Å². The smallest absolute Gasteiger partial charge is 0.124 e. The van der Waals surface area contributed by atoms with Gasteiger partial charge in [0.2, 0.25) is 0 Å². The first-order valence-electron chi connectivity index (χ1n) is 5.60. The lowest BCUT2D eigenvalue weighted by atomic mass is 10.1. The van der Waals surface area contributed by atoms with Gasteiger partial charge in [-0.25, -0.2) is 4.98 Å². The number of aromatic nitrogens is 1. The van der Waals surface area contributed by atoms with Gasteiger partial charge < -0.3 is 5.73 Å². The number of halogens is 1. The molecule has 0 saturated heterocycles. The van der Waals surface area contributed by atoms with Crippen molar-refractivity contribution in [3.8, 4) is 10.6 Å². The summed E-state index contributed by atoms with van der Waals surface area (Å²) in [5.74, 6) is 0. The molecule has 0 bridgehead atoms. The lowest BCUT2D eigenvalue weighted by Gasteiger charge is -2.02. The van der Waals surface area contributed by atoms with Crippen molar-refractivity contribution >= 4 is 27.3 Å². The Labute approximate surface area is 114 Å². The zero-order valence-corrected chi connectivity index (χ0v) is 12.4. The highest BCUT2D eigenvalue weighted by Gasteiger charge is 2.11. The van der Waals surface area contributed by atoms with Gasteiger partial charge in [0.1, 0.15) is 5.01 Å². The third-order valence-electron chi connectivity index (χ3n) is 2.72. The summed E-state index contributed by atoms with van der Waals surface area (Å²) >= 11 is 5.18. The van der Waals surface area contributed by atoms with Gasteiger partial charge in [-0.2, -0.15) is 0 Å². The maximum absolute atomic E-state index is 5.74. The van der Waals surface area contributed by atoms with E-state index in [9.17, 15) is 0 Å². The molecule has 17 heavy (non-hydrogen) atoms. The van der Waals surface area contributed by atoms with Crippen LogP contribution in [0.2, 0.25) is 0 Å². The molecule has 0 aliphatic carbocycles. The van der Waals surface area contributed by atoms with E-state index in [1.807, 2.05) is 0 Å². The van der Waals surface area contributed by atoms with E-state index in [0.29, 0.717) is 6.54 Å². The van der Waals surface area contributed by atoms with E-state index in [-0.39, 0.29) is 0 Å². The van der Waals surface area contributed by atoms with Crippen LogP contribution in [0.25, 0.3) is 10.6 Å². The van der Waals surface area contributed by atoms with E-state index < -0.39 is 0 Å². The summed E-state index contributed by atoms with van der Waals surface area (Å²) in [7, 11) is 0. The van der Waals surface area contributed by atoms with Crippen molar-refractivity contribution in [2.45, 2.75) is 26.8 Å². The van der Waals surface area contributed by atoms with Crippen molar-refractivity contribution in [1.29, 1.82) is 0 Å². The number of benzene rings is 1. The Kier molecular flexibility index (Phi) is 3.97. The predicted molar refractivity (Wildman–Crippen MR) is 77.3 cm³/mol. The summed E-state index contributed by atoms with van der Waals surface area (Å²) < 4.78 is 1.10. The van der Waals surface area contributed by atoms with Crippen molar-refractivity contribution in [1.82, 2.24) is 4.98 Å². The molecule has 1 aromatic heterocycles. The monoisotopic (exact) mass is 310 g/mol. The van der Waals surface area contributed by atoms with Crippen LogP contribution in [0.1, 0.15) is 23.1 Å². The summed E-state index contributed by atoms with van der Waals surface area (Å²) in [6.07, 6.45) is 0.943. The van der Waals surface area contributed by atoms with E-state index in [1.165, 1.54) is 16.0 Å². The molecule has 0 unspecified atom stereocenters. The molecule has 0 radical (unpaired) electrons. The van der Waals surface area contributed by atoms with Crippen LogP contribution >= 0.6 is 27.3 Å². The van der Waals surface area contributed by atoms with E-state index in [2.05, 4.69) is 53.0 Å². The zero-order valence-electron chi connectivity index (χ0n) is 9.96. The van der Waals surface area contributed by atoms with Gasteiger partial charge in [0, 0.05) is 21.5 Å². The Bertz CT molecular complexity index is 513. The number of aryl methyl sites for hydroxylation is 2. The summed E-state index contributed by atoms with van der Waals surface area (Å²) in [6.45, 7) is 4.80. The van der Waals surface area contributed by atoms with Crippen LogP contribution in [-0.2, 0) is 13.0 Å². The fraction of sp³-hybridized carbons (Fsp3) is 0.308. The molecule has 0 aliphatic rings. The van der Waals surface area contributed by atoms with Crippen LogP contribution in [0.3, 0.4) is 0 Å². The summed E-state index contributed by atoms with van der Waals surface area (Å²) in [5.41, 5.74) is 9.31. The quantitative estimate of drug-likeness (QED) is 0.933. The molecular weight excluding hydrogens is 296 g/mol. The second kappa shape index (κ2) is 5.29. The molecule has 0 atom stereocenters. The molecule has 2 N–H and O–H groups in total. The average molecular weight is 311 g/mol. The van der Waals surface area contributed by atoms with E-state index >= 15 is 0 Å². The third kappa shape index (κ3) is 2.59. The second-order valence-electron chi connectivity index (χ2n) is 3.91. The van der Waals surface area contributed by atoms with E-state index in [0.717, 1.165) is 21.6 Å². The Morgan fingerprint density at radius 2 is 2.18 bits per heavy atom. The maximum Gasteiger partial charge on any atom is 0.124 e. The standard InChI is InChI=1S/C13H15BrN2S/c1-3-11-12(7-15)17-13(16-11)10-5-4-9(14)6-8(10)2/h4-6H,3,7,15H2,1-2H3. The molecule has 0 fully saturated rings. The normalized spacial score (nSPS) is 10.8. The van der Waals surface area contributed by atoms with Crippen molar-refractivity contribution < 1.29 is 0 Å². The van der Waals surface area contributed by atoms with Crippen molar-refractivity contribution in [2.24, 2.45) is 5.73 Å². The van der Waals surface area contributed by atoms with Gasteiger partial charge in [-0.3, -0.25) is 0 Å². The molecule has 4 heteroatoms. The third-order valence-corrected chi connectivity index (χ3v) is 4.36. The minimum absolute atomic E-state index is 0.580. The molecule has 1 aromatic carbocycles. The molecular formula is C13H15BrN2S. The number of rotatable bonds is 3. The first-order chi connectivity index (χ1) is 8.15. The average Bonchev–Trinajstić information content (AvgIpc) is 2.72. The van der Waals surface area contributed by atoms with Crippen molar-refractivity contribution in [3.63, 3.8) is 0 Å². The fourth-order valence-corrected chi connectivity index (χ4v) is 3.40. The Balaban J connectivity index is 2.49. The van der Waals surface area contributed by atoms with E-state index in [1.54, 1.807) is 11.3 Å². The van der Waals surface area contributed by atoms with Gasteiger partial charge in [0.05, 0.1) is 5.69 Å². The van der Waals surface area contributed by atoms with Crippen LogP contribution in [-0.4, -0.2) is 4.98 Å². The van der Waals surface area contributed by atoms with Gasteiger partial charge in [0.15, 0.2) is 0 Å². The van der Waals surface area contributed by atoms with Crippen LogP contribution in [0.5, 0.6) is 0 Å². The number of hydrogen-bond donors (Lipinski definition) is 1. The summed E-state index contributed by atoms with van der Waals surface area (Å²) in [5, 5.41) is 1.08. The summed E-state index contributed by atoms with van der Waals surface area (Å²) in [4.78, 5) is 5.88. The lowest BCUT2D eigenvalue weighted by molar-refractivity contribution is 0.989. The van der Waals surface area contributed by atoms with Crippen LogP contribution in [0.4, 0.5) is 0 Å². The van der Waals surface area contributed by atoms with Gasteiger partial charge in [0.25, 0.3) is 0 Å². The number of nitrogens with two attached hydrogens (primary N) is 1. The lowest BCUT2D eigenvalue weighted by Crippen LogP contribution is -1.96. The Morgan fingerprint density at radius 1 is 1.41 bits per heavy atom. The molecule has 2 nitrogen and oxygen atoms in total. The van der Waals surface area contributed by atoms with Gasteiger partial charge in [-0.1, -0.05) is 28.9 Å². The SMILES string of the molecule is CCc1nc(-c2ccc(Br)cc2C)sc1CN. The molecule has 0 spiro atoms. The molecule has 2 rings (SSSR count). The van der Waals surface area contributed by atoms with Gasteiger partial charge in [-0.05, 0) is 31.0 Å². The second-order valence-corrected chi connectivity index (χ2v) is 5.91. The van der Waals surface area contributed by atoms with Gasteiger partial charge >= 0.3 is 0 Å². The molecule has 90 valence electrons. The topological polar surface area (TPSA) is 38.9 Å². The minimum atomic E-state index is 0.580. The van der Waals surface area contributed by atoms with Crippen LogP contribution in [0.15, 0.2) is 22.7 Å². The Morgan fingerprint density at radius 3 is 2.71 bits per heavy atom. The molecule has 1 heterocycles. The zero-order chi connectivity index (χ0) is 12.4. The van der Waals surface area contributed by atoms with E-state index in [4.69, 9.17) is 5.73 Å². The number of hydrogen-bond acceptors (Lipinski definition) is 3. The highest BCUT2D eigenvalue weighted by molar-refractivity contribution is 9.10. The Hall–Kier alpha value is -0.710. The summed E-state index contributed by atoms with van der Waals surface area (Å²) in [6, 6.07) is 6.28.